The van der Waals surface area contributed by atoms with Crippen LogP contribution in [-0.4, -0.2) is 28.1 Å². The monoisotopic (exact) mass is 181 g/mol. The molecule has 2 heterocycles. The molecule has 0 bridgehead atoms. The van der Waals surface area contributed by atoms with E-state index in [1.807, 2.05) is 6.92 Å². The molecule has 1 fully saturated rings. The third-order valence-corrected chi connectivity index (χ3v) is 2.61. The van der Waals surface area contributed by atoms with Crippen molar-refractivity contribution in [2.45, 2.75) is 32.7 Å². The summed E-state index contributed by atoms with van der Waals surface area (Å²) in [7, 11) is 0. The van der Waals surface area contributed by atoms with Crippen LogP contribution in [0.2, 0.25) is 0 Å². The Labute approximate surface area is 77.9 Å². The lowest BCUT2D eigenvalue weighted by atomic mass is 10.3. The molecule has 2 rings (SSSR count). The molecule has 1 atom stereocenters. The van der Waals surface area contributed by atoms with Gasteiger partial charge in [-0.3, -0.25) is 4.90 Å². The van der Waals surface area contributed by atoms with Crippen LogP contribution < -0.4 is 0 Å². The van der Waals surface area contributed by atoms with Crippen molar-refractivity contribution in [3.05, 3.63) is 11.7 Å². The molecule has 1 aliphatic heterocycles. The van der Waals surface area contributed by atoms with Gasteiger partial charge < -0.3 is 4.52 Å². The highest BCUT2D eigenvalue weighted by Crippen LogP contribution is 2.21. The van der Waals surface area contributed by atoms with Crippen LogP contribution in [0.3, 0.4) is 0 Å². The fourth-order valence-electron chi connectivity index (χ4n) is 1.78. The standard InChI is InChI=1S/C9H15N3O/c1-7(12-5-3-4-6-12)9-10-8(2)13-11-9/h7H,3-6H2,1-2H3. The predicted molar refractivity (Wildman–Crippen MR) is 48.3 cm³/mol. The molecule has 72 valence electrons. The highest BCUT2D eigenvalue weighted by Gasteiger charge is 2.22. The molecule has 4 nitrogen and oxygen atoms in total. The Morgan fingerprint density at radius 2 is 2.08 bits per heavy atom. The predicted octanol–water partition coefficient (Wildman–Crippen LogP) is 1.53. The summed E-state index contributed by atoms with van der Waals surface area (Å²) < 4.78 is 4.96. The molecule has 1 aliphatic rings. The number of hydrogen-bond acceptors (Lipinski definition) is 4. The summed E-state index contributed by atoms with van der Waals surface area (Å²) in [5.74, 6) is 1.47. The average molecular weight is 181 g/mol. The summed E-state index contributed by atoms with van der Waals surface area (Å²) in [6, 6.07) is 0.306. The van der Waals surface area contributed by atoms with Crippen molar-refractivity contribution >= 4 is 0 Å². The van der Waals surface area contributed by atoms with Gasteiger partial charge in [0.2, 0.25) is 5.89 Å². The van der Waals surface area contributed by atoms with Crippen LogP contribution in [0, 0.1) is 6.92 Å². The minimum absolute atomic E-state index is 0.306. The summed E-state index contributed by atoms with van der Waals surface area (Å²) >= 11 is 0. The van der Waals surface area contributed by atoms with Crippen molar-refractivity contribution < 1.29 is 4.52 Å². The molecule has 0 N–H and O–H groups in total. The minimum atomic E-state index is 0.306. The van der Waals surface area contributed by atoms with E-state index in [0.717, 1.165) is 18.9 Å². The largest absolute Gasteiger partial charge is 0.340 e. The van der Waals surface area contributed by atoms with E-state index in [1.165, 1.54) is 12.8 Å². The zero-order chi connectivity index (χ0) is 9.26. The van der Waals surface area contributed by atoms with Crippen LogP contribution in [0.4, 0.5) is 0 Å². The van der Waals surface area contributed by atoms with E-state index < -0.39 is 0 Å². The van der Waals surface area contributed by atoms with Crippen LogP contribution in [0.25, 0.3) is 0 Å². The Hall–Kier alpha value is -0.900. The zero-order valence-electron chi connectivity index (χ0n) is 8.16. The van der Waals surface area contributed by atoms with Gasteiger partial charge in [-0.2, -0.15) is 4.98 Å². The number of nitrogens with zero attached hydrogens (tertiary/aromatic N) is 3. The van der Waals surface area contributed by atoms with Crippen LogP contribution in [0.15, 0.2) is 4.52 Å². The van der Waals surface area contributed by atoms with Gasteiger partial charge >= 0.3 is 0 Å². The van der Waals surface area contributed by atoms with Crippen molar-refractivity contribution in [2.24, 2.45) is 0 Å². The van der Waals surface area contributed by atoms with Gasteiger partial charge in [-0.15, -0.1) is 0 Å². The normalized spacial score (nSPS) is 20.8. The Kier molecular flexibility index (Phi) is 2.31. The van der Waals surface area contributed by atoms with Crippen LogP contribution in [-0.2, 0) is 0 Å². The Morgan fingerprint density at radius 1 is 1.38 bits per heavy atom. The zero-order valence-corrected chi connectivity index (χ0v) is 8.16. The molecule has 0 spiro atoms. The molecular weight excluding hydrogens is 166 g/mol. The van der Waals surface area contributed by atoms with Gasteiger partial charge in [0, 0.05) is 6.92 Å². The van der Waals surface area contributed by atoms with E-state index in [-0.39, 0.29) is 0 Å². The first-order valence-electron chi connectivity index (χ1n) is 4.81. The van der Waals surface area contributed by atoms with Gasteiger partial charge in [-0.25, -0.2) is 0 Å². The highest BCUT2D eigenvalue weighted by molar-refractivity contribution is 4.93. The molecule has 1 aromatic rings. The summed E-state index contributed by atoms with van der Waals surface area (Å²) in [6.07, 6.45) is 2.59. The lowest BCUT2D eigenvalue weighted by Crippen LogP contribution is -2.24. The average Bonchev–Trinajstić information content (AvgIpc) is 2.72. The maximum absolute atomic E-state index is 4.96. The first-order valence-corrected chi connectivity index (χ1v) is 4.81. The molecule has 13 heavy (non-hydrogen) atoms. The highest BCUT2D eigenvalue weighted by atomic mass is 16.5. The molecule has 1 aromatic heterocycles. The van der Waals surface area contributed by atoms with Crippen molar-refractivity contribution in [3.8, 4) is 0 Å². The van der Waals surface area contributed by atoms with Crippen molar-refractivity contribution in [1.82, 2.24) is 15.0 Å². The third-order valence-electron chi connectivity index (χ3n) is 2.61. The SMILES string of the molecule is Cc1nc(C(C)N2CCCC2)no1. The third kappa shape index (κ3) is 1.72. The number of likely N-dealkylation sites (tertiary alicyclic amines) is 1. The van der Waals surface area contributed by atoms with E-state index >= 15 is 0 Å². The second kappa shape index (κ2) is 3.46. The second-order valence-corrected chi connectivity index (χ2v) is 3.59. The molecule has 0 aromatic carbocycles. The second-order valence-electron chi connectivity index (χ2n) is 3.59. The number of aromatic nitrogens is 2. The minimum Gasteiger partial charge on any atom is -0.340 e. The van der Waals surface area contributed by atoms with E-state index in [2.05, 4.69) is 22.0 Å². The number of rotatable bonds is 2. The van der Waals surface area contributed by atoms with Gasteiger partial charge in [0.25, 0.3) is 0 Å². The van der Waals surface area contributed by atoms with E-state index in [4.69, 9.17) is 4.52 Å². The lowest BCUT2D eigenvalue weighted by molar-refractivity contribution is 0.246. The fraction of sp³-hybridized carbons (Fsp3) is 0.778. The maximum Gasteiger partial charge on any atom is 0.223 e. The molecule has 0 aliphatic carbocycles. The molecule has 0 saturated carbocycles. The van der Waals surface area contributed by atoms with E-state index in [0.29, 0.717) is 11.9 Å². The van der Waals surface area contributed by atoms with Crippen molar-refractivity contribution in [1.29, 1.82) is 0 Å². The van der Waals surface area contributed by atoms with Crippen molar-refractivity contribution in [2.75, 3.05) is 13.1 Å². The molecule has 0 radical (unpaired) electrons. The molecule has 4 heteroatoms. The van der Waals surface area contributed by atoms with Gasteiger partial charge in [0.1, 0.15) is 0 Å². The first kappa shape index (κ1) is 8.69. The van der Waals surface area contributed by atoms with Crippen LogP contribution in [0.5, 0.6) is 0 Å². The summed E-state index contributed by atoms with van der Waals surface area (Å²) in [6.45, 7) is 6.28. The molecule has 1 unspecified atom stereocenters. The Balaban J connectivity index is 2.07. The smallest absolute Gasteiger partial charge is 0.223 e. The molecule has 1 saturated heterocycles. The maximum atomic E-state index is 4.96. The van der Waals surface area contributed by atoms with Gasteiger partial charge in [-0.05, 0) is 32.9 Å². The van der Waals surface area contributed by atoms with Crippen molar-refractivity contribution in [3.63, 3.8) is 0 Å². The van der Waals surface area contributed by atoms with Gasteiger partial charge in [0.05, 0.1) is 6.04 Å². The first-order chi connectivity index (χ1) is 6.27. The van der Waals surface area contributed by atoms with Crippen LogP contribution >= 0.6 is 0 Å². The quantitative estimate of drug-likeness (QED) is 0.694. The van der Waals surface area contributed by atoms with Crippen LogP contribution in [0.1, 0.15) is 37.5 Å². The number of hydrogen-bond donors (Lipinski definition) is 0. The van der Waals surface area contributed by atoms with Gasteiger partial charge in [0.15, 0.2) is 5.82 Å². The topological polar surface area (TPSA) is 42.2 Å². The molecule has 0 amide bonds. The summed E-state index contributed by atoms with van der Waals surface area (Å²) in [4.78, 5) is 6.63. The summed E-state index contributed by atoms with van der Waals surface area (Å²) in [5.41, 5.74) is 0. The fourth-order valence-corrected chi connectivity index (χ4v) is 1.78. The number of aryl methyl sites for hydroxylation is 1. The Bertz CT molecular complexity index is 278. The molecular formula is C9H15N3O. The summed E-state index contributed by atoms with van der Waals surface area (Å²) in [5, 5.41) is 3.93. The van der Waals surface area contributed by atoms with Gasteiger partial charge in [-0.1, -0.05) is 5.16 Å². The van der Waals surface area contributed by atoms with E-state index in [1.54, 1.807) is 0 Å². The Morgan fingerprint density at radius 3 is 2.62 bits per heavy atom. The lowest BCUT2D eigenvalue weighted by Gasteiger charge is -2.19. The van der Waals surface area contributed by atoms with E-state index in [9.17, 15) is 0 Å².